The van der Waals surface area contributed by atoms with E-state index in [2.05, 4.69) is 0 Å². The normalized spacial score (nSPS) is 19.1. The van der Waals surface area contributed by atoms with Gasteiger partial charge in [-0.15, -0.1) is 0 Å². The highest BCUT2D eigenvalue weighted by Crippen LogP contribution is 2.37. The van der Waals surface area contributed by atoms with Crippen LogP contribution in [0.1, 0.15) is 6.42 Å². The van der Waals surface area contributed by atoms with Crippen LogP contribution in [0.15, 0.2) is 12.1 Å². The molecule has 0 aliphatic carbocycles. The molecule has 1 amide bonds. The molecular formula is C12H14ClFN2O4S. The molecule has 0 radical (unpaired) electrons. The van der Waals surface area contributed by atoms with Crippen LogP contribution in [0, 0.1) is 11.7 Å². The number of methoxy groups -OCH3 is 1. The molecule has 1 aromatic carbocycles. The third-order valence-corrected chi connectivity index (χ3v) is 4.44. The number of anilines is 1. The van der Waals surface area contributed by atoms with Gasteiger partial charge in [-0.1, -0.05) is 11.6 Å². The number of carbonyl (C=O) groups is 1. The molecule has 9 heteroatoms. The zero-order valence-electron chi connectivity index (χ0n) is 11.2. The second kappa shape index (κ2) is 5.78. The zero-order chi connectivity index (χ0) is 15.8. The summed E-state index contributed by atoms with van der Waals surface area (Å²) in [5.74, 6) is -2.03. The van der Waals surface area contributed by atoms with Crippen LogP contribution >= 0.6 is 11.6 Å². The van der Waals surface area contributed by atoms with Gasteiger partial charge in [-0.25, -0.2) is 17.9 Å². The summed E-state index contributed by atoms with van der Waals surface area (Å²) in [5, 5.41) is 5.03. The van der Waals surface area contributed by atoms with Crippen molar-refractivity contribution in [3.63, 3.8) is 0 Å². The molecule has 2 rings (SSSR count). The van der Waals surface area contributed by atoms with Gasteiger partial charge in [-0.2, -0.15) is 0 Å². The van der Waals surface area contributed by atoms with E-state index in [4.69, 9.17) is 21.5 Å². The standard InChI is InChI=1S/C12H14ClFN2O4S/c1-20-9-3-2-8(13)12(11(9)14)16-5-7(4-10(16)17)6-21(15,18)19/h2-3,7H,4-6H2,1H3,(H2,15,18,19). The largest absolute Gasteiger partial charge is 0.494 e. The van der Waals surface area contributed by atoms with Gasteiger partial charge in [0.2, 0.25) is 15.9 Å². The highest BCUT2D eigenvalue weighted by atomic mass is 35.5. The summed E-state index contributed by atoms with van der Waals surface area (Å²) in [7, 11) is -2.40. The fourth-order valence-electron chi connectivity index (χ4n) is 2.37. The first-order valence-electron chi connectivity index (χ1n) is 6.05. The molecule has 0 aromatic heterocycles. The van der Waals surface area contributed by atoms with E-state index >= 15 is 0 Å². The molecule has 116 valence electrons. The minimum absolute atomic E-state index is 0.0244. The minimum atomic E-state index is -3.70. The van der Waals surface area contributed by atoms with Crippen molar-refractivity contribution in [1.82, 2.24) is 0 Å². The maximum absolute atomic E-state index is 14.3. The summed E-state index contributed by atoms with van der Waals surface area (Å²) in [5.41, 5.74) is -0.0991. The van der Waals surface area contributed by atoms with E-state index in [0.717, 1.165) is 4.90 Å². The molecule has 6 nitrogen and oxygen atoms in total. The number of carbonyl (C=O) groups excluding carboxylic acids is 1. The Kier molecular flexibility index (Phi) is 4.40. The summed E-state index contributed by atoms with van der Waals surface area (Å²) in [6, 6.07) is 2.77. The number of halogens is 2. The molecule has 1 aliphatic rings. The van der Waals surface area contributed by atoms with Crippen LogP contribution < -0.4 is 14.8 Å². The molecule has 0 spiro atoms. The number of ether oxygens (including phenoxy) is 1. The van der Waals surface area contributed by atoms with Crippen molar-refractivity contribution < 1.29 is 22.3 Å². The summed E-state index contributed by atoms with van der Waals surface area (Å²) >= 11 is 5.95. The van der Waals surface area contributed by atoms with E-state index in [9.17, 15) is 17.6 Å². The van der Waals surface area contributed by atoms with Gasteiger partial charge in [0.25, 0.3) is 0 Å². The molecule has 1 unspecified atom stereocenters. The fourth-order valence-corrected chi connectivity index (χ4v) is 3.49. The quantitative estimate of drug-likeness (QED) is 0.892. The van der Waals surface area contributed by atoms with Crippen LogP contribution in [0.4, 0.5) is 10.1 Å². The number of hydrogen-bond donors (Lipinski definition) is 1. The Labute approximate surface area is 126 Å². The SMILES string of the molecule is COc1ccc(Cl)c(N2CC(CS(N)(=O)=O)CC2=O)c1F. The average molecular weight is 337 g/mol. The smallest absolute Gasteiger partial charge is 0.227 e. The van der Waals surface area contributed by atoms with Crippen LogP contribution in [0.25, 0.3) is 0 Å². The Morgan fingerprint density at radius 2 is 2.19 bits per heavy atom. The zero-order valence-corrected chi connectivity index (χ0v) is 12.7. The van der Waals surface area contributed by atoms with Gasteiger partial charge in [0.1, 0.15) is 5.69 Å². The van der Waals surface area contributed by atoms with Gasteiger partial charge in [-0.05, 0) is 12.1 Å². The molecular weight excluding hydrogens is 323 g/mol. The number of nitrogens with two attached hydrogens (primary N) is 1. The van der Waals surface area contributed by atoms with Gasteiger partial charge in [0, 0.05) is 18.9 Å². The highest BCUT2D eigenvalue weighted by Gasteiger charge is 2.35. The second-order valence-corrected chi connectivity index (χ2v) is 6.88. The van der Waals surface area contributed by atoms with E-state index < -0.39 is 27.7 Å². The topological polar surface area (TPSA) is 89.7 Å². The van der Waals surface area contributed by atoms with E-state index in [-0.39, 0.29) is 35.2 Å². The second-order valence-electron chi connectivity index (χ2n) is 4.82. The number of rotatable bonds is 4. The van der Waals surface area contributed by atoms with Crippen LogP contribution in [0.3, 0.4) is 0 Å². The summed E-state index contributed by atoms with van der Waals surface area (Å²) < 4.78 is 41.3. The maximum Gasteiger partial charge on any atom is 0.227 e. The number of nitrogens with zero attached hydrogens (tertiary/aromatic N) is 1. The predicted octanol–water partition coefficient (Wildman–Crippen LogP) is 1.13. The summed E-state index contributed by atoms with van der Waals surface area (Å²) in [6.45, 7) is 0.0407. The summed E-state index contributed by atoms with van der Waals surface area (Å²) in [6.07, 6.45) is -0.0244. The predicted molar refractivity (Wildman–Crippen MR) is 76.4 cm³/mol. The molecule has 1 saturated heterocycles. The molecule has 0 bridgehead atoms. The molecule has 21 heavy (non-hydrogen) atoms. The molecule has 1 heterocycles. The van der Waals surface area contributed by atoms with E-state index in [0.29, 0.717) is 0 Å². The number of primary sulfonamides is 1. The number of amides is 1. The highest BCUT2D eigenvalue weighted by molar-refractivity contribution is 7.89. The molecule has 1 atom stereocenters. The van der Waals surface area contributed by atoms with Crippen molar-refractivity contribution in [1.29, 1.82) is 0 Å². The van der Waals surface area contributed by atoms with Crippen molar-refractivity contribution in [2.24, 2.45) is 11.1 Å². The van der Waals surface area contributed by atoms with Crippen LogP contribution in [0.2, 0.25) is 5.02 Å². The summed E-state index contributed by atoms with van der Waals surface area (Å²) in [4.78, 5) is 13.1. The van der Waals surface area contributed by atoms with E-state index in [1.54, 1.807) is 0 Å². The average Bonchev–Trinajstić information content (AvgIpc) is 2.68. The molecule has 1 aliphatic heterocycles. The van der Waals surface area contributed by atoms with Crippen molar-refractivity contribution >= 4 is 33.2 Å². The first-order chi connectivity index (χ1) is 9.73. The monoisotopic (exact) mass is 336 g/mol. The lowest BCUT2D eigenvalue weighted by Crippen LogP contribution is -2.28. The number of sulfonamides is 1. The number of benzene rings is 1. The Bertz CT molecular complexity index is 680. The molecule has 1 aromatic rings. The lowest BCUT2D eigenvalue weighted by Gasteiger charge is -2.20. The van der Waals surface area contributed by atoms with Crippen molar-refractivity contribution in [2.75, 3.05) is 24.3 Å². The van der Waals surface area contributed by atoms with Gasteiger partial charge < -0.3 is 9.64 Å². The number of hydrogen-bond acceptors (Lipinski definition) is 4. The van der Waals surface area contributed by atoms with Crippen LogP contribution in [-0.2, 0) is 14.8 Å². The Morgan fingerprint density at radius 1 is 1.52 bits per heavy atom. The van der Waals surface area contributed by atoms with Gasteiger partial charge in [0.05, 0.1) is 17.9 Å². The Hall–Kier alpha value is -1.38. The van der Waals surface area contributed by atoms with Crippen LogP contribution in [-0.4, -0.2) is 33.7 Å². The van der Waals surface area contributed by atoms with Gasteiger partial charge >= 0.3 is 0 Å². The molecule has 2 N–H and O–H groups in total. The Morgan fingerprint density at radius 3 is 2.76 bits per heavy atom. The van der Waals surface area contributed by atoms with Crippen molar-refractivity contribution in [3.05, 3.63) is 23.0 Å². The third kappa shape index (κ3) is 3.45. The molecule has 0 saturated carbocycles. The lowest BCUT2D eigenvalue weighted by molar-refractivity contribution is -0.117. The van der Waals surface area contributed by atoms with Gasteiger partial charge in [-0.3, -0.25) is 4.79 Å². The first kappa shape index (κ1) is 16.0. The van der Waals surface area contributed by atoms with E-state index in [1.165, 1.54) is 19.2 Å². The maximum atomic E-state index is 14.3. The molecule has 1 fully saturated rings. The van der Waals surface area contributed by atoms with Crippen molar-refractivity contribution in [3.8, 4) is 5.75 Å². The third-order valence-electron chi connectivity index (χ3n) is 3.19. The van der Waals surface area contributed by atoms with E-state index in [1.807, 2.05) is 0 Å². The lowest BCUT2D eigenvalue weighted by atomic mass is 10.1. The Balaban J connectivity index is 2.33. The first-order valence-corrected chi connectivity index (χ1v) is 8.15. The van der Waals surface area contributed by atoms with Crippen LogP contribution in [0.5, 0.6) is 5.75 Å². The van der Waals surface area contributed by atoms with Gasteiger partial charge in [0.15, 0.2) is 11.6 Å². The van der Waals surface area contributed by atoms with Crippen molar-refractivity contribution in [2.45, 2.75) is 6.42 Å². The minimum Gasteiger partial charge on any atom is -0.494 e. The fraction of sp³-hybridized carbons (Fsp3) is 0.417.